The zero-order chi connectivity index (χ0) is 13.9. The van der Waals surface area contributed by atoms with Crippen molar-refractivity contribution in [1.82, 2.24) is 5.32 Å². The van der Waals surface area contributed by atoms with Crippen LogP contribution in [0.5, 0.6) is 0 Å². The number of benzene rings is 1. The summed E-state index contributed by atoms with van der Waals surface area (Å²) >= 11 is 0. The molecule has 0 saturated carbocycles. The second-order valence-corrected chi connectivity index (χ2v) is 4.45. The van der Waals surface area contributed by atoms with Crippen molar-refractivity contribution in [3.63, 3.8) is 0 Å². The minimum atomic E-state index is 0.506. The van der Waals surface area contributed by atoms with Gasteiger partial charge < -0.3 is 15.8 Å². The van der Waals surface area contributed by atoms with Crippen LogP contribution >= 0.6 is 0 Å². The fourth-order valence-electron chi connectivity index (χ4n) is 1.66. The van der Waals surface area contributed by atoms with Crippen LogP contribution in [-0.2, 0) is 17.9 Å². The van der Waals surface area contributed by atoms with Gasteiger partial charge in [-0.15, -0.1) is 0 Å². The maximum atomic E-state index is 5.79. The van der Waals surface area contributed by atoms with E-state index in [-0.39, 0.29) is 0 Å². The van der Waals surface area contributed by atoms with Gasteiger partial charge in [-0.2, -0.15) is 0 Å². The van der Waals surface area contributed by atoms with E-state index in [1.807, 2.05) is 12.1 Å². The maximum absolute atomic E-state index is 5.79. The Morgan fingerprint density at radius 2 is 1.95 bits per heavy atom. The molecule has 0 atom stereocenters. The van der Waals surface area contributed by atoms with Gasteiger partial charge in [0.25, 0.3) is 0 Å². The van der Waals surface area contributed by atoms with Crippen molar-refractivity contribution >= 4 is 5.96 Å². The van der Waals surface area contributed by atoms with Gasteiger partial charge in [0.15, 0.2) is 5.96 Å². The summed E-state index contributed by atoms with van der Waals surface area (Å²) in [6, 6.07) is 8.19. The third-order valence-electron chi connectivity index (χ3n) is 2.70. The molecule has 4 nitrogen and oxygen atoms in total. The normalized spacial score (nSPS) is 11.6. The smallest absolute Gasteiger partial charge is 0.188 e. The molecule has 0 saturated heterocycles. The second kappa shape index (κ2) is 9.39. The molecule has 19 heavy (non-hydrogen) atoms. The Balaban J connectivity index is 2.56. The lowest BCUT2D eigenvalue weighted by atomic mass is 10.1. The highest BCUT2D eigenvalue weighted by Gasteiger charge is 2.01. The summed E-state index contributed by atoms with van der Waals surface area (Å²) in [7, 11) is 0. The van der Waals surface area contributed by atoms with E-state index in [0.29, 0.717) is 19.1 Å². The predicted molar refractivity (Wildman–Crippen MR) is 80.0 cm³/mol. The van der Waals surface area contributed by atoms with E-state index in [1.54, 1.807) is 0 Å². The number of rotatable bonds is 8. The van der Waals surface area contributed by atoms with E-state index in [9.17, 15) is 0 Å². The van der Waals surface area contributed by atoms with Gasteiger partial charge in [-0.3, -0.25) is 0 Å². The molecular formula is C15H25N3O. The van der Waals surface area contributed by atoms with Gasteiger partial charge in [-0.25, -0.2) is 4.99 Å². The number of aliphatic imine (C=N–C) groups is 1. The van der Waals surface area contributed by atoms with Crippen LogP contribution in [-0.4, -0.2) is 19.1 Å². The summed E-state index contributed by atoms with van der Waals surface area (Å²) in [6.45, 7) is 7.08. The average Bonchev–Trinajstić information content (AvgIpc) is 2.44. The van der Waals surface area contributed by atoms with Crippen LogP contribution in [0.4, 0.5) is 0 Å². The fourth-order valence-corrected chi connectivity index (χ4v) is 1.66. The van der Waals surface area contributed by atoms with Gasteiger partial charge in [0.1, 0.15) is 0 Å². The first-order valence-electron chi connectivity index (χ1n) is 6.96. The Kier molecular flexibility index (Phi) is 7.66. The number of ether oxygens (including phenoxy) is 1. The van der Waals surface area contributed by atoms with Crippen LogP contribution in [0, 0.1) is 0 Å². The van der Waals surface area contributed by atoms with Crippen molar-refractivity contribution in [3.05, 3.63) is 35.4 Å². The van der Waals surface area contributed by atoms with E-state index in [4.69, 9.17) is 10.5 Å². The van der Waals surface area contributed by atoms with Crippen LogP contribution in [0.25, 0.3) is 0 Å². The van der Waals surface area contributed by atoms with Crippen LogP contribution in [0.1, 0.15) is 37.8 Å². The molecule has 106 valence electrons. The number of hydrogen-bond acceptors (Lipinski definition) is 2. The van der Waals surface area contributed by atoms with Crippen LogP contribution < -0.4 is 11.1 Å². The summed E-state index contributed by atoms with van der Waals surface area (Å²) in [5.74, 6) is 0.506. The standard InChI is InChI=1S/C15H25N3O/c1-3-9-17-15(16)18-11-13-7-5-6-8-14(13)12-19-10-4-2/h5-8H,3-4,9-12H2,1-2H3,(H3,16,17,18). The van der Waals surface area contributed by atoms with E-state index < -0.39 is 0 Å². The van der Waals surface area contributed by atoms with Gasteiger partial charge in [-0.1, -0.05) is 38.1 Å². The summed E-state index contributed by atoms with van der Waals surface area (Å²) in [5, 5.41) is 3.07. The molecule has 0 aliphatic carbocycles. The number of guanidine groups is 1. The van der Waals surface area contributed by atoms with Gasteiger partial charge in [0.05, 0.1) is 13.2 Å². The van der Waals surface area contributed by atoms with Crippen molar-refractivity contribution in [3.8, 4) is 0 Å². The molecule has 1 aromatic rings. The zero-order valence-corrected chi connectivity index (χ0v) is 12.0. The molecule has 0 spiro atoms. The van der Waals surface area contributed by atoms with E-state index in [0.717, 1.165) is 26.0 Å². The Morgan fingerprint density at radius 3 is 2.63 bits per heavy atom. The van der Waals surface area contributed by atoms with Gasteiger partial charge in [0.2, 0.25) is 0 Å². The van der Waals surface area contributed by atoms with Crippen molar-refractivity contribution in [1.29, 1.82) is 0 Å². The highest BCUT2D eigenvalue weighted by atomic mass is 16.5. The minimum Gasteiger partial charge on any atom is -0.377 e. The Hall–Kier alpha value is -1.55. The lowest BCUT2D eigenvalue weighted by Gasteiger charge is -2.09. The Bertz CT molecular complexity index is 391. The zero-order valence-electron chi connectivity index (χ0n) is 12.0. The molecule has 3 N–H and O–H groups in total. The van der Waals surface area contributed by atoms with Gasteiger partial charge in [-0.05, 0) is 24.0 Å². The van der Waals surface area contributed by atoms with E-state index in [2.05, 4.69) is 36.3 Å². The van der Waals surface area contributed by atoms with Crippen LogP contribution in [0.3, 0.4) is 0 Å². The lowest BCUT2D eigenvalue weighted by molar-refractivity contribution is 0.121. The van der Waals surface area contributed by atoms with Crippen molar-refractivity contribution in [2.45, 2.75) is 39.8 Å². The summed E-state index contributed by atoms with van der Waals surface area (Å²) in [4.78, 5) is 4.35. The molecule has 0 radical (unpaired) electrons. The number of nitrogens with one attached hydrogen (secondary N) is 1. The molecule has 0 bridgehead atoms. The fraction of sp³-hybridized carbons (Fsp3) is 0.533. The molecule has 4 heteroatoms. The molecule has 1 aromatic carbocycles. The Labute approximate surface area is 116 Å². The molecule has 0 aliphatic rings. The first kappa shape index (κ1) is 15.5. The third-order valence-corrected chi connectivity index (χ3v) is 2.70. The predicted octanol–water partition coefficient (Wildman–Crippen LogP) is 2.43. The van der Waals surface area contributed by atoms with Gasteiger partial charge in [0, 0.05) is 13.2 Å². The highest BCUT2D eigenvalue weighted by Crippen LogP contribution is 2.11. The van der Waals surface area contributed by atoms with Crippen molar-refractivity contribution in [2.75, 3.05) is 13.2 Å². The molecule has 0 fully saturated rings. The third kappa shape index (κ3) is 6.25. The van der Waals surface area contributed by atoms with E-state index >= 15 is 0 Å². The quantitative estimate of drug-likeness (QED) is 0.430. The average molecular weight is 263 g/mol. The Morgan fingerprint density at radius 1 is 1.21 bits per heavy atom. The molecule has 0 aromatic heterocycles. The second-order valence-electron chi connectivity index (χ2n) is 4.45. The van der Waals surface area contributed by atoms with Crippen molar-refractivity contribution in [2.24, 2.45) is 10.7 Å². The highest BCUT2D eigenvalue weighted by molar-refractivity contribution is 5.77. The summed E-state index contributed by atoms with van der Waals surface area (Å²) in [6.07, 6.45) is 2.08. The number of hydrogen-bond donors (Lipinski definition) is 2. The number of nitrogens with zero attached hydrogens (tertiary/aromatic N) is 1. The van der Waals surface area contributed by atoms with Crippen LogP contribution in [0.15, 0.2) is 29.3 Å². The largest absolute Gasteiger partial charge is 0.377 e. The lowest BCUT2D eigenvalue weighted by Crippen LogP contribution is -2.32. The van der Waals surface area contributed by atoms with Crippen molar-refractivity contribution < 1.29 is 4.74 Å². The topological polar surface area (TPSA) is 59.6 Å². The van der Waals surface area contributed by atoms with Gasteiger partial charge >= 0.3 is 0 Å². The summed E-state index contributed by atoms with van der Waals surface area (Å²) < 4.78 is 5.59. The maximum Gasteiger partial charge on any atom is 0.188 e. The van der Waals surface area contributed by atoms with Crippen LogP contribution in [0.2, 0.25) is 0 Å². The monoisotopic (exact) mass is 263 g/mol. The SMILES string of the molecule is CCCNC(N)=NCc1ccccc1COCCC. The molecule has 1 rings (SSSR count). The molecule has 0 aliphatic heterocycles. The minimum absolute atomic E-state index is 0.506. The first-order valence-corrected chi connectivity index (χ1v) is 6.96. The molecule has 0 amide bonds. The molecule has 0 heterocycles. The van der Waals surface area contributed by atoms with E-state index in [1.165, 1.54) is 11.1 Å². The molecule has 0 unspecified atom stereocenters. The number of nitrogens with two attached hydrogens (primary N) is 1. The molecular weight excluding hydrogens is 238 g/mol. The summed E-state index contributed by atoms with van der Waals surface area (Å²) in [5.41, 5.74) is 8.14. The first-order chi connectivity index (χ1) is 9.27.